The number of anilines is 1. The molecule has 1 aromatic rings. The summed E-state index contributed by atoms with van der Waals surface area (Å²) in [6, 6.07) is 4.08. The van der Waals surface area contributed by atoms with E-state index in [9.17, 15) is 13.6 Å². The van der Waals surface area contributed by atoms with Crippen molar-refractivity contribution in [1.29, 1.82) is 0 Å². The number of nitrogens with zero attached hydrogens (tertiary/aromatic N) is 1. The number of hydrogen-bond acceptors (Lipinski definition) is 4. The zero-order valence-electron chi connectivity index (χ0n) is 14.7. The molecule has 1 saturated heterocycles. The summed E-state index contributed by atoms with van der Waals surface area (Å²) in [4.78, 5) is 13.7. The first kappa shape index (κ1) is 17.8. The van der Waals surface area contributed by atoms with Crippen LogP contribution in [-0.4, -0.2) is 35.8 Å². The molecule has 1 heterocycles. The summed E-state index contributed by atoms with van der Waals surface area (Å²) in [7, 11) is 0. The van der Waals surface area contributed by atoms with Crippen molar-refractivity contribution in [2.24, 2.45) is 5.41 Å². The maximum Gasteiger partial charge on any atom is 0.410 e. The van der Waals surface area contributed by atoms with Crippen LogP contribution in [0.5, 0.6) is 5.75 Å². The fourth-order valence-corrected chi connectivity index (χ4v) is 3.46. The van der Waals surface area contributed by atoms with Gasteiger partial charge in [0.2, 0.25) is 0 Å². The summed E-state index contributed by atoms with van der Waals surface area (Å²) < 4.78 is 36.4. The van der Waals surface area contributed by atoms with E-state index < -0.39 is 12.0 Å². The lowest BCUT2D eigenvalue weighted by atomic mass is 9.62. The Morgan fingerprint density at radius 3 is 2.48 bits per heavy atom. The molecular weight excluding hydrogens is 330 g/mol. The zero-order valence-corrected chi connectivity index (χ0v) is 14.7. The van der Waals surface area contributed by atoms with Crippen molar-refractivity contribution in [3.63, 3.8) is 0 Å². The van der Waals surface area contributed by atoms with Crippen LogP contribution in [0.4, 0.5) is 19.3 Å². The van der Waals surface area contributed by atoms with E-state index in [1.165, 1.54) is 18.2 Å². The van der Waals surface area contributed by atoms with Gasteiger partial charge < -0.3 is 20.1 Å². The molecule has 1 saturated carbocycles. The van der Waals surface area contributed by atoms with Gasteiger partial charge in [-0.05, 0) is 51.8 Å². The van der Waals surface area contributed by atoms with E-state index in [1.807, 2.05) is 20.8 Å². The number of benzene rings is 1. The number of rotatable bonds is 3. The minimum atomic E-state index is -2.54. The Bertz CT molecular complexity index is 659. The number of ether oxygens (including phenoxy) is 2. The van der Waals surface area contributed by atoms with Crippen LogP contribution < -0.4 is 10.5 Å². The summed E-state index contributed by atoms with van der Waals surface area (Å²) in [6.07, 6.45) is -1.18. The van der Waals surface area contributed by atoms with Crippen LogP contribution in [-0.2, 0) is 4.74 Å². The van der Waals surface area contributed by atoms with Crippen LogP contribution >= 0.6 is 0 Å². The van der Waals surface area contributed by atoms with Crippen molar-refractivity contribution in [1.82, 2.24) is 4.90 Å². The molecule has 5 nitrogen and oxygen atoms in total. The Balaban J connectivity index is 1.47. The first-order valence-electron chi connectivity index (χ1n) is 8.39. The van der Waals surface area contributed by atoms with E-state index in [-0.39, 0.29) is 28.9 Å². The molecule has 0 aromatic heterocycles. The van der Waals surface area contributed by atoms with Crippen molar-refractivity contribution in [2.45, 2.75) is 51.7 Å². The van der Waals surface area contributed by atoms with Gasteiger partial charge in [0.05, 0.1) is 5.69 Å². The van der Waals surface area contributed by atoms with Gasteiger partial charge in [-0.3, -0.25) is 0 Å². The summed E-state index contributed by atoms with van der Waals surface area (Å²) in [5.41, 5.74) is 5.51. The maximum absolute atomic E-state index is 12.6. The number of likely N-dealkylation sites (tertiary alicyclic amines) is 1. The van der Waals surface area contributed by atoms with Gasteiger partial charge in [0.15, 0.2) is 0 Å². The molecule has 2 fully saturated rings. The average molecular weight is 354 g/mol. The fraction of sp³-hybridized carbons (Fsp3) is 0.611. The second-order valence-corrected chi connectivity index (χ2v) is 8.08. The highest BCUT2D eigenvalue weighted by Gasteiger charge is 2.55. The molecule has 3 rings (SSSR count). The molecule has 1 aromatic carbocycles. The highest BCUT2D eigenvalue weighted by atomic mass is 19.3. The number of alkyl halides is 2. The molecule has 0 bridgehead atoms. The number of hydrogen-bond donors (Lipinski definition) is 1. The first-order valence-corrected chi connectivity index (χ1v) is 8.39. The van der Waals surface area contributed by atoms with Crippen LogP contribution in [0.15, 0.2) is 18.2 Å². The summed E-state index contributed by atoms with van der Waals surface area (Å²) in [6.45, 7) is 6.87. The fourth-order valence-electron chi connectivity index (χ4n) is 3.46. The van der Waals surface area contributed by atoms with Crippen molar-refractivity contribution in [3.8, 4) is 5.75 Å². The number of halogens is 2. The molecular formula is C18H24F2N2O3. The topological polar surface area (TPSA) is 64.8 Å². The van der Waals surface area contributed by atoms with Crippen molar-refractivity contribution in [3.05, 3.63) is 23.8 Å². The molecule has 0 radical (unpaired) electrons. The molecule has 1 spiro atoms. The zero-order chi connectivity index (χ0) is 18.4. The van der Waals surface area contributed by atoms with Gasteiger partial charge in [0.1, 0.15) is 17.5 Å². The Hall–Kier alpha value is -2.05. The molecule has 25 heavy (non-hydrogen) atoms. The second-order valence-electron chi connectivity index (χ2n) is 8.08. The smallest absolute Gasteiger partial charge is 0.410 e. The third kappa shape index (κ3) is 3.80. The minimum absolute atomic E-state index is 0.000450. The minimum Gasteiger partial charge on any atom is -0.488 e. The summed E-state index contributed by atoms with van der Waals surface area (Å²) in [5, 5.41) is 0. The monoisotopic (exact) mass is 354 g/mol. The van der Waals surface area contributed by atoms with Gasteiger partial charge in [-0.15, -0.1) is 0 Å². The molecule has 7 heteroatoms. The van der Waals surface area contributed by atoms with E-state index in [0.29, 0.717) is 18.8 Å². The molecule has 0 unspecified atom stereocenters. The van der Waals surface area contributed by atoms with Gasteiger partial charge in [-0.2, -0.15) is 0 Å². The van der Waals surface area contributed by atoms with Crippen LogP contribution in [0.1, 0.15) is 45.6 Å². The number of carbonyl (C=O) groups excluding carboxylic acids is 1. The lowest BCUT2D eigenvalue weighted by Crippen LogP contribution is -2.66. The first-order chi connectivity index (χ1) is 11.6. The third-order valence-electron chi connectivity index (χ3n) is 4.61. The van der Waals surface area contributed by atoms with Gasteiger partial charge >= 0.3 is 6.09 Å². The lowest BCUT2D eigenvalue weighted by molar-refractivity contribution is -0.116. The van der Waals surface area contributed by atoms with Crippen LogP contribution in [0.2, 0.25) is 0 Å². The average Bonchev–Trinajstić information content (AvgIpc) is 2.39. The predicted molar refractivity (Wildman–Crippen MR) is 89.7 cm³/mol. The highest BCUT2D eigenvalue weighted by Crippen LogP contribution is 2.50. The van der Waals surface area contributed by atoms with E-state index in [0.717, 1.165) is 12.8 Å². The standard InChI is InChI=1S/C18H24F2N2O3/c1-17(2,3)25-16(23)22-9-18(10-22)7-12(8-18)24-14-5-4-11(15(19)20)6-13(14)21/h4-6,12,15H,7-10,21H2,1-3H3. The van der Waals surface area contributed by atoms with E-state index in [4.69, 9.17) is 15.2 Å². The number of nitrogen functional groups attached to an aromatic ring is 1. The normalized spacial score (nSPS) is 19.5. The third-order valence-corrected chi connectivity index (χ3v) is 4.61. The molecule has 0 atom stereocenters. The Morgan fingerprint density at radius 1 is 1.32 bits per heavy atom. The molecule has 2 aliphatic rings. The number of nitrogens with two attached hydrogens (primary N) is 1. The van der Waals surface area contributed by atoms with Crippen LogP contribution in [0.25, 0.3) is 0 Å². The van der Waals surface area contributed by atoms with Crippen molar-refractivity contribution >= 4 is 11.8 Å². The molecule has 1 aliphatic heterocycles. The Morgan fingerprint density at radius 2 is 1.96 bits per heavy atom. The second kappa shape index (κ2) is 6.04. The summed E-state index contributed by atoms with van der Waals surface area (Å²) in [5.74, 6) is 0.438. The van der Waals surface area contributed by atoms with E-state index >= 15 is 0 Å². The van der Waals surface area contributed by atoms with E-state index in [1.54, 1.807) is 4.90 Å². The molecule has 2 N–H and O–H groups in total. The maximum atomic E-state index is 12.6. The van der Waals surface area contributed by atoms with Gasteiger partial charge in [0.25, 0.3) is 6.43 Å². The molecule has 138 valence electrons. The number of carbonyl (C=O) groups is 1. The van der Waals surface area contributed by atoms with Crippen molar-refractivity contribution in [2.75, 3.05) is 18.8 Å². The van der Waals surface area contributed by atoms with Crippen LogP contribution in [0, 0.1) is 5.41 Å². The summed E-state index contributed by atoms with van der Waals surface area (Å²) >= 11 is 0. The lowest BCUT2D eigenvalue weighted by Gasteiger charge is -2.58. The number of amides is 1. The Kier molecular flexibility index (Phi) is 4.29. The van der Waals surface area contributed by atoms with Gasteiger partial charge in [0, 0.05) is 24.1 Å². The molecule has 1 amide bonds. The quantitative estimate of drug-likeness (QED) is 0.834. The van der Waals surface area contributed by atoms with Crippen molar-refractivity contribution < 1.29 is 23.0 Å². The Labute approximate surface area is 146 Å². The SMILES string of the molecule is CC(C)(C)OC(=O)N1CC2(CC(Oc3ccc(C(F)F)cc3N)C2)C1. The van der Waals surface area contributed by atoms with Crippen LogP contribution in [0.3, 0.4) is 0 Å². The van der Waals surface area contributed by atoms with E-state index in [2.05, 4.69) is 0 Å². The van der Waals surface area contributed by atoms with Gasteiger partial charge in [-0.25, -0.2) is 13.6 Å². The van der Waals surface area contributed by atoms with Gasteiger partial charge in [-0.1, -0.05) is 0 Å². The predicted octanol–water partition coefficient (Wildman–Crippen LogP) is 3.98. The largest absolute Gasteiger partial charge is 0.488 e. The highest BCUT2D eigenvalue weighted by molar-refractivity contribution is 5.69. The molecule has 1 aliphatic carbocycles.